The van der Waals surface area contributed by atoms with Gasteiger partial charge in [-0.1, -0.05) is 30.4 Å². The molecule has 1 atom stereocenters. The molecule has 1 aromatic carbocycles. The first-order valence-electron chi connectivity index (χ1n) is 9.59. The number of amides is 2. The Morgan fingerprint density at radius 2 is 1.74 bits per heavy atom. The van der Waals surface area contributed by atoms with Crippen molar-refractivity contribution in [2.24, 2.45) is 11.8 Å². The van der Waals surface area contributed by atoms with E-state index in [9.17, 15) is 14.4 Å². The number of esters is 1. The van der Waals surface area contributed by atoms with E-state index in [4.69, 9.17) is 4.74 Å². The summed E-state index contributed by atoms with van der Waals surface area (Å²) in [6.45, 7) is 0.810. The molecular formula is C21H26N2O4. The van der Waals surface area contributed by atoms with Crippen LogP contribution in [0.25, 0.3) is 0 Å². The number of hydrogen-bond acceptors (Lipinski definition) is 4. The van der Waals surface area contributed by atoms with Crippen molar-refractivity contribution in [1.29, 1.82) is 0 Å². The number of nitrogens with zero attached hydrogens (tertiary/aromatic N) is 1. The maximum atomic E-state index is 12.3. The molecule has 1 aliphatic carbocycles. The predicted molar refractivity (Wildman–Crippen MR) is 102 cm³/mol. The average Bonchev–Trinajstić information content (AvgIpc) is 2.73. The van der Waals surface area contributed by atoms with Gasteiger partial charge in [0.1, 0.15) is 0 Å². The molecule has 1 fully saturated rings. The van der Waals surface area contributed by atoms with E-state index in [2.05, 4.69) is 11.4 Å². The predicted octanol–water partition coefficient (Wildman–Crippen LogP) is 2.76. The molecule has 0 radical (unpaired) electrons. The van der Waals surface area contributed by atoms with E-state index in [1.807, 2.05) is 36.4 Å². The van der Waals surface area contributed by atoms with Gasteiger partial charge in [-0.15, -0.1) is 0 Å². The molecule has 0 unspecified atom stereocenters. The van der Waals surface area contributed by atoms with Crippen molar-refractivity contribution in [2.75, 3.05) is 25.0 Å². The minimum Gasteiger partial charge on any atom is -0.455 e. The Hall–Kier alpha value is -2.63. The highest BCUT2D eigenvalue weighted by Gasteiger charge is 2.28. The van der Waals surface area contributed by atoms with Crippen LogP contribution in [0.4, 0.5) is 5.69 Å². The van der Waals surface area contributed by atoms with Gasteiger partial charge in [0, 0.05) is 24.7 Å². The normalized spacial score (nSPS) is 20.1. The molecule has 6 nitrogen and oxygen atoms in total. The topological polar surface area (TPSA) is 75.7 Å². The van der Waals surface area contributed by atoms with Gasteiger partial charge < -0.3 is 15.0 Å². The molecule has 1 saturated heterocycles. The summed E-state index contributed by atoms with van der Waals surface area (Å²) in [5.74, 6) is -0.715. The van der Waals surface area contributed by atoms with Crippen LogP contribution in [-0.4, -0.2) is 42.4 Å². The number of piperidine rings is 1. The standard InChI is InChI=1S/C21H26N2O4/c24-19(15-27-21(26)17-7-3-1-4-8-17)23-13-11-16(12-14-23)20(25)22-18-9-5-2-6-10-18/h1-3,5-6,9-10,16-17H,4,7-8,11-15H2,(H,22,25)/t17-/m0/s1. The summed E-state index contributed by atoms with van der Waals surface area (Å²) in [6, 6.07) is 9.36. The van der Waals surface area contributed by atoms with Gasteiger partial charge in [-0.3, -0.25) is 14.4 Å². The van der Waals surface area contributed by atoms with Crippen molar-refractivity contribution in [3.63, 3.8) is 0 Å². The molecule has 0 bridgehead atoms. The summed E-state index contributed by atoms with van der Waals surface area (Å²) in [6.07, 6.45) is 7.64. The Bertz CT molecular complexity index is 693. The largest absolute Gasteiger partial charge is 0.455 e. The highest BCUT2D eigenvalue weighted by Crippen LogP contribution is 2.21. The van der Waals surface area contributed by atoms with Gasteiger partial charge in [0.25, 0.3) is 5.91 Å². The Morgan fingerprint density at radius 1 is 1.00 bits per heavy atom. The number of anilines is 1. The molecule has 1 aromatic rings. The number of likely N-dealkylation sites (tertiary alicyclic amines) is 1. The number of hydrogen-bond donors (Lipinski definition) is 1. The number of nitrogens with one attached hydrogen (secondary N) is 1. The fourth-order valence-corrected chi connectivity index (χ4v) is 3.51. The lowest BCUT2D eigenvalue weighted by molar-refractivity contribution is -0.156. The maximum Gasteiger partial charge on any atom is 0.309 e. The Balaban J connectivity index is 1.39. The van der Waals surface area contributed by atoms with Crippen molar-refractivity contribution in [3.8, 4) is 0 Å². The van der Waals surface area contributed by atoms with Gasteiger partial charge in [-0.25, -0.2) is 0 Å². The molecule has 0 saturated carbocycles. The number of rotatable bonds is 5. The van der Waals surface area contributed by atoms with E-state index < -0.39 is 0 Å². The third kappa shape index (κ3) is 5.42. The van der Waals surface area contributed by atoms with Gasteiger partial charge in [-0.2, -0.15) is 0 Å². The second-order valence-electron chi connectivity index (χ2n) is 7.10. The van der Waals surface area contributed by atoms with Gasteiger partial charge in [0.05, 0.1) is 5.92 Å². The van der Waals surface area contributed by atoms with Gasteiger partial charge in [0.15, 0.2) is 6.61 Å². The summed E-state index contributed by atoms with van der Waals surface area (Å²) in [5, 5.41) is 2.91. The molecule has 6 heteroatoms. The van der Waals surface area contributed by atoms with E-state index in [1.54, 1.807) is 4.90 Å². The van der Waals surface area contributed by atoms with Crippen molar-refractivity contribution in [3.05, 3.63) is 42.5 Å². The molecule has 2 aliphatic rings. The van der Waals surface area contributed by atoms with Crippen LogP contribution in [0.1, 0.15) is 32.1 Å². The lowest BCUT2D eigenvalue weighted by atomic mass is 9.95. The van der Waals surface area contributed by atoms with Gasteiger partial charge >= 0.3 is 5.97 Å². The van der Waals surface area contributed by atoms with Crippen molar-refractivity contribution < 1.29 is 19.1 Å². The first-order chi connectivity index (χ1) is 13.1. The third-order valence-electron chi connectivity index (χ3n) is 5.20. The molecular weight excluding hydrogens is 344 g/mol. The van der Waals surface area contributed by atoms with Crippen molar-refractivity contribution >= 4 is 23.5 Å². The van der Waals surface area contributed by atoms with E-state index in [1.165, 1.54) is 0 Å². The van der Waals surface area contributed by atoms with E-state index in [0.29, 0.717) is 32.4 Å². The average molecular weight is 370 g/mol. The molecule has 3 rings (SSSR count). The molecule has 144 valence electrons. The molecule has 1 heterocycles. The molecule has 2 amide bonds. The number of para-hydroxylation sites is 1. The molecule has 0 spiro atoms. The number of allylic oxidation sites excluding steroid dienone is 2. The van der Waals surface area contributed by atoms with Crippen LogP contribution in [0.5, 0.6) is 0 Å². The van der Waals surface area contributed by atoms with E-state index in [-0.39, 0.29) is 36.2 Å². The quantitative estimate of drug-likeness (QED) is 0.639. The Morgan fingerprint density at radius 3 is 2.41 bits per heavy atom. The van der Waals surface area contributed by atoms with Crippen LogP contribution in [0, 0.1) is 11.8 Å². The molecule has 1 aliphatic heterocycles. The van der Waals surface area contributed by atoms with Crippen LogP contribution in [0.15, 0.2) is 42.5 Å². The summed E-state index contributed by atoms with van der Waals surface area (Å²) in [7, 11) is 0. The third-order valence-corrected chi connectivity index (χ3v) is 5.20. The SMILES string of the molecule is O=C(Nc1ccccc1)C1CCN(C(=O)COC(=O)[C@H]2CC=CCC2)CC1. The maximum absolute atomic E-state index is 12.3. The Kier molecular flexibility index (Phi) is 6.63. The zero-order valence-corrected chi connectivity index (χ0v) is 15.4. The Labute approximate surface area is 159 Å². The molecule has 1 N–H and O–H groups in total. The second-order valence-corrected chi connectivity index (χ2v) is 7.10. The highest BCUT2D eigenvalue weighted by atomic mass is 16.5. The van der Waals surface area contributed by atoms with Crippen LogP contribution in [0.3, 0.4) is 0 Å². The van der Waals surface area contributed by atoms with Crippen LogP contribution in [0.2, 0.25) is 0 Å². The zero-order valence-electron chi connectivity index (χ0n) is 15.4. The molecule has 27 heavy (non-hydrogen) atoms. The van der Waals surface area contributed by atoms with Gasteiger partial charge in [0.2, 0.25) is 5.91 Å². The summed E-state index contributed by atoms with van der Waals surface area (Å²) >= 11 is 0. The van der Waals surface area contributed by atoms with Crippen LogP contribution in [-0.2, 0) is 19.1 Å². The highest BCUT2D eigenvalue weighted by molar-refractivity contribution is 5.92. The number of carbonyl (C=O) groups excluding carboxylic acids is 3. The van der Waals surface area contributed by atoms with E-state index in [0.717, 1.165) is 18.5 Å². The molecule has 0 aromatic heterocycles. The summed E-state index contributed by atoms with van der Waals surface area (Å²) < 4.78 is 5.21. The van der Waals surface area contributed by atoms with Crippen molar-refractivity contribution in [2.45, 2.75) is 32.1 Å². The fourth-order valence-electron chi connectivity index (χ4n) is 3.51. The smallest absolute Gasteiger partial charge is 0.309 e. The van der Waals surface area contributed by atoms with Crippen molar-refractivity contribution in [1.82, 2.24) is 4.90 Å². The summed E-state index contributed by atoms with van der Waals surface area (Å²) in [5.41, 5.74) is 0.783. The minimum absolute atomic E-state index is 0.00919. The number of carbonyl (C=O) groups is 3. The van der Waals surface area contributed by atoms with Gasteiger partial charge in [-0.05, 0) is 44.2 Å². The first kappa shape index (κ1) is 19.1. The van der Waals surface area contributed by atoms with Crippen LogP contribution >= 0.6 is 0 Å². The lowest BCUT2D eigenvalue weighted by Crippen LogP contribution is -2.43. The second kappa shape index (κ2) is 9.35. The summed E-state index contributed by atoms with van der Waals surface area (Å²) in [4.78, 5) is 38.3. The minimum atomic E-state index is -0.287. The monoisotopic (exact) mass is 370 g/mol. The van der Waals surface area contributed by atoms with E-state index >= 15 is 0 Å². The zero-order chi connectivity index (χ0) is 19.1. The number of benzene rings is 1. The number of ether oxygens (including phenoxy) is 1. The first-order valence-corrected chi connectivity index (χ1v) is 9.59. The lowest BCUT2D eigenvalue weighted by Gasteiger charge is -2.31. The van der Waals surface area contributed by atoms with Crippen LogP contribution < -0.4 is 5.32 Å². The fraction of sp³-hybridized carbons (Fsp3) is 0.476.